The van der Waals surface area contributed by atoms with Gasteiger partial charge in [0.15, 0.2) is 0 Å². The van der Waals surface area contributed by atoms with Crippen LogP contribution in [0.4, 0.5) is 0 Å². The number of hydrogen-bond donors (Lipinski definition) is 3. The smallest absolute Gasteiger partial charge is 0.150 e. The van der Waals surface area contributed by atoms with Crippen molar-refractivity contribution in [3.8, 4) is 11.1 Å². The number of aryl methyl sites for hydroxylation is 1. The van der Waals surface area contributed by atoms with Crippen molar-refractivity contribution in [2.24, 2.45) is 16.7 Å². The average Bonchev–Trinajstić information content (AvgIpc) is 2.66. The van der Waals surface area contributed by atoms with Gasteiger partial charge in [-0.2, -0.15) is 5.10 Å². The molecule has 0 aliphatic heterocycles. The molecule has 0 saturated heterocycles. The summed E-state index contributed by atoms with van der Waals surface area (Å²) in [5.41, 5.74) is 10.1. The van der Waals surface area contributed by atoms with Crippen molar-refractivity contribution in [1.29, 1.82) is 5.41 Å². The highest BCUT2D eigenvalue weighted by atomic mass is 15.2. The molecule has 0 unspecified atom stereocenters. The second kappa shape index (κ2) is 8.87. The number of amidine groups is 2. The van der Waals surface area contributed by atoms with Crippen molar-refractivity contribution in [2.75, 3.05) is 13.6 Å². The predicted molar refractivity (Wildman–Crippen MR) is 106 cm³/mol. The molecule has 2 aromatic carbocycles. The summed E-state index contributed by atoms with van der Waals surface area (Å²) < 4.78 is 0. The number of hydrazone groups is 1. The summed E-state index contributed by atoms with van der Waals surface area (Å²) in [6.07, 6.45) is 2.73. The van der Waals surface area contributed by atoms with Crippen LogP contribution in [0.1, 0.15) is 30.9 Å². The average molecular weight is 337 g/mol. The third-order valence-corrected chi connectivity index (χ3v) is 4.37. The van der Waals surface area contributed by atoms with E-state index in [1.54, 1.807) is 0 Å². The van der Waals surface area contributed by atoms with E-state index in [1.807, 2.05) is 30.1 Å². The van der Waals surface area contributed by atoms with E-state index in [1.165, 1.54) is 5.56 Å². The van der Waals surface area contributed by atoms with Crippen LogP contribution in [0.15, 0.2) is 53.6 Å². The van der Waals surface area contributed by atoms with E-state index in [-0.39, 0.29) is 0 Å². The second-order valence-electron chi connectivity index (χ2n) is 6.11. The van der Waals surface area contributed by atoms with E-state index in [9.17, 15) is 0 Å². The van der Waals surface area contributed by atoms with Gasteiger partial charge < -0.3 is 16.5 Å². The van der Waals surface area contributed by atoms with Crippen molar-refractivity contribution in [3.63, 3.8) is 0 Å². The highest BCUT2D eigenvalue weighted by Gasteiger charge is 2.05. The largest absolute Gasteiger partial charge is 0.382 e. The summed E-state index contributed by atoms with van der Waals surface area (Å²) in [4.78, 5) is 1.98. The zero-order valence-corrected chi connectivity index (χ0v) is 15.0. The Balaban J connectivity index is 2.08. The minimum absolute atomic E-state index is 0.330. The summed E-state index contributed by atoms with van der Waals surface area (Å²) in [6.45, 7) is 2.94. The normalized spacial score (nSPS) is 11.4. The van der Waals surface area contributed by atoms with Crippen molar-refractivity contribution in [3.05, 3.63) is 59.7 Å². The van der Waals surface area contributed by atoms with Gasteiger partial charge in [-0.05, 0) is 42.5 Å². The number of benzene rings is 2. The molecule has 0 amide bonds. The fraction of sp³-hybridized carbons (Fsp3) is 0.300. The minimum Gasteiger partial charge on any atom is -0.382 e. The first kappa shape index (κ1) is 18.5. The Labute approximate surface area is 149 Å². The molecular weight excluding hydrogens is 310 g/mol. The van der Waals surface area contributed by atoms with Gasteiger partial charge in [0.2, 0.25) is 0 Å². The molecule has 0 saturated carbocycles. The van der Waals surface area contributed by atoms with E-state index in [0.29, 0.717) is 11.7 Å². The highest BCUT2D eigenvalue weighted by Crippen LogP contribution is 2.22. The molecule has 5 heteroatoms. The van der Waals surface area contributed by atoms with Gasteiger partial charge in [-0.25, -0.2) is 0 Å². The fourth-order valence-corrected chi connectivity index (χ4v) is 2.68. The van der Waals surface area contributed by atoms with Crippen LogP contribution in [0.3, 0.4) is 0 Å². The van der Waals surface area contributed by atoms with Gasteiger partial charge in [0.25, 0.3) is 0 Å². The second-order valence-corrected chi connectivity index (χ2v) is 6.11. The molecule has 0 aromatic heterocycles. The van der Waals surface area contributed by atoms with Crippen LogP contribution < -0.4 is 11.6 Å². The number of hydrogen-bond acceptors (Lipinski definition) is 3. The molecule has 5 nitrogen and oxygen atoms in total. The van der Waals surface area contributed by atoms with Crippen molar-refractivity contribution >= 4 is 11.7 Å². The Kier molecular flexibility index (Phi) is 6.57. The van der Waals surface area contributed by atoms with E-state index in [2.05, 4.69) is 42.4 Å². The Morgan fingerprint density at radius 3 is 2.48 bits per heavy atom. The highest BCUT2D eigenvalue weighted by molar-refractivity contribution is 5.98. The molecular formula is C20H27N5. The maximum absolute atomic E-state index is 8.01. The maximum Gasteiger partial charge on any atom is 0.150 e. The molecule has 0 bridgehead atoms. The topological polar surface area (TPSA) is 91.5 Å². The molecule has 0 spiro atoms. The van der Waals surface area contributed by atoms with Crippen molar-refractivity contribution < 1.29 is 0 Å². The van der Waals surface area contributed by atoms with Crippen LogP contribution in [-0.2, 0) is 6.42 Å². The predicted octanol–water partition coefficient (Wildman–Crippen LogP) is 3.18. The lowest BCUT2D eigenvalue weighted by Gasteiger charge is -2.17. The molecule has 5 N–H and O–H groups in total. The number of rotatable bonds is 7. The van der Waals surface area contributed by atoms with Gasteiger partial charge in [-0.15, -0.1) is 0 Å². The van der Waals surface area contributed by atoms with Gasteiger partial charge in [-0.3, -0.25) is 5.41 Å². The lowest BCUT2D eigenvalue weighted by Crippen LogP contribution is -2.25. The van der Waals surface area contributed by atoms with E-state index < -0.39 is 0 Å². The number of nitrogens with one attached hydrogen (secondary N) is 1. The van der Waals surface area contributed by atoms with Crippen molar-refractivity contribution in [1.82, 2.24) is 4.90 Å². The first-order chi connectivity index (χ1) is 12.0. The first-order valence-corrected chi connectivity index (χ1v) is 8.56. The van der Waals surface area contributed by atoms with Gasteiger partial charge >= 0.3 is 0 Å². The summed E-state index contributed by atoms with van der Waals surface area (Å²) in [5.74, 6) is 6.30. The number of nitrogens with zero attached hydrogens (tertiary/aromatic N) is 2. The molecule has 0 radical (unpaired) electrons. The van der Waals surface area contributed by atoms with Gasteiger partial charge in [0.1, 0.15) is 5.84 Å². The quantitative estimate of drug-likeness (QED) is 0.313. The SMILES string of the molecule is CCN(C)C(=N)CCCc1cccc(-c2cccc(/C(N)=N/N)c2)c1. The zero-order chi connectivity index (χ0) is 18.2. The molecule has 132 valence electrons. The van der Waals surface area contributed by atoms with E-state index in [4.69, 9.17) is 17.0 Å². The summed E-state index contributed by atoms with van der Waals surface area (Å²) in [6, 6.07) is 16.4. The van der Waals surface area contributed by atoms with Gasteiger partial charge in [-0.1, -0.05) is 42.5 Å². The third kappa shape index (κ3) is 5.08. The van der Waals surface area contributed by atoms with Crippen LogP contribution in [0.2, 0.25) is 0 Å². The maximum atomic E-state index is 8.01. The Morgan fingerprint density at radius 1 is 1.12 bits per heavy atom. The standard InChI is InChI=1S/C20H27N5/c1-3-25(2)19(21)12-5-8-15-7-4-9-16(13-15)17-10-6-11-18(14-17)20(22)24-23/h4,6-7,9-11,13-14,21H,3,5,8,12,23H2,1-2H3,(H2,22,24). The Morgan fingerprint density at radius 2 is 1.80 bits per heavy atom. The monoisotopic (exact) mass is 337 g/mol. The summed E-state index contributed by atoms with van der Waals surface area (Å²) in [5, 5.41) is 11.6. The fourth-order valence-electron chi connectivity index (χ4n) is 2.68. The molecule has 0 aliphatic rings. The Hall–Kier alpha value is -2.82. The number of nitrogens with two attached hydrogens (primary N) is 2. The van der Waals surface area contributed by atoms with Crippen LogP contribution in [0, 0.1) is 5.41 Å². The third-order valence-electron chi connectivity index (χ3n) is 4.37. The zero-order valence-electron chi connectivity index (χ0n) is 15.0. The molecule has 25 heavy (non-hydrogen) atoms. The summed E-state index contributed by atoms with van der Waals surface area (Å²) >= 11 is 0. The Bertz CT molecular complexity index is 751. The van der Waals surface area contributed by atoms with E-state index in [0.717, 1.165) is 42.5 Å². The lowest BCUT2D eigenvalue weighted by molar-refractivity contribution is 0.514. The van der Waals surface area contributed by atoms with Crippen molar-refractivity contribution in [2.45, 2.75) is 26.2 Å². The van der Waals surface area contributed by atoms with E-state index >= 15 is 0 Å². The minimum atomic E-state index is 0.330. The van der Waals surface area contributed by atoms with Crippen LogP contribution in [0.25, 0.3) is 11.1 Å². The lowest BCUT2D eigenvalue weighted by atomic mass is 9.99. The molecule has 0 atom stereocenters. The molecule has 2 rings (SSSR count). The molecule has 0 fully saturated rings. The van der Waals surface area contributed by atoms with Gasteiger partial charge in [0, 0.05) is 25.6 Å². The molecule has 0 heterocycles. The first-order valence-electron chi connectivity index (χ1n) is 8.56. The van der Waals surface area contributed by atoms with Crippen LogP contribution in [0.5, 0.6) is 0 Å². The molecule has 0 aliphatic carbocycles. The molecule has 2 aromatic rings. The van der Waals surface area contributed by atoms with Crippen LogP contribution >= 0.6 is 0 Å². The summed E-state index contributed by atoms with van der Waals surface area (Å²) in [7, 11) is 1.96. The van der Waals surface area contributed by atoms with Crippen LogP contribution in [-0.4, -0.2) is 30.2 Å². The van der Waals surface area contributed by atoms with Gasteiger partial charge in [0.05, 0.1) is 5.84 Å².